The molecule has 0 saturated carbocycles. The van der Waals surface area contributed by atoms with E-state index < -0.39 is 4.92 Å². The van der Waals surface area contributed by atoms with E-state index in [0.717, 1.165) is 0 Å². The zero-order valence-corrected chi connectivity index (χ0v) is 11.3. The summed E-state index contributed by atoms with van der Waals surface area (Å²) in [5.74, 6) is 0.487. The number of aromatic nitrogens is 1. The lowest BCUT2D eigenvalue weighted by molar-refractivity contribution is -0.384. The fourth-order valence-corrected chi connectivity index (χ4v) is 1.75. The molecule has 0 aromatic carbocycles. The molecule has 0 aliphatic heterocycles. The number of methoxy groups -OCH3 is 1. The summed E-state index contributed by atoms with van der Waals surface area (Å²) in [6.07, 6.45) is 0. The van der Waals surface area contributed by atoms with Gasteiger partial charge >= 0.3 is 0 Å². The molecule has 0 bridgehead atoms. The van der Waals surface area contributed by atoms with Crippen LogP contribution in [0.15, 0.2) is 12.1 Å². The maximum atomic E-state index is 10.8. The van der Waals surface area contributed by atoms with E-state index in [-0.39, 0.29) is 16.9 Å². The first kappa shape index (κ1) is 14.7. The average Bonchev–Trinajstić information content (AvgIpc) is 2.28. The Morgan fingerprint density at radius 2 is 2.22 bits per heavy atom. The summed E-state index contributed by atoms with van der Waals surface area (Å²) >= 11 is 5.80. The molecule has 0 N–H and O–H groups in total. The van der Waals surface area contributed by atoms with Crippen LogP contribution in [0.5, 0.6) is 0 Å². The first-order chi connectivity index (χ1) is 8.45. The van der Waals surface area contributed by atoms with E-state index in [0.29, 0.717) is 19.0 Å². The molecule has 6 nitrogen and oxygen atoms in total. The van der Waals surface area contributed by atoms with Crippen LogP contribution in [0.4, 0.5) is 11.5 Å². The van der Waals surface area contributed by atoms with Crippen molar-refractivity contribution in [1.82, 2.24) is 4.98 Å². The minimum Gasteiger partial charge on any atom is -0.383 e. The average molecular weight is 274 g/mol. The largest absolute Gasteiger partial charge is 0.383 e. The monoisotopic (exact) mass is 273 g/mol. The van der Waals surface area contributed by atoms with Crippen molar-refractivity contribution in [3.63, 3.8) is 0 Å². The van der Waals surface area contributed by atoms with Gasteiger partial charge in [0.05, 0.1) is 23.7 Å². The molecule has 1 aromatic rings. The molecule has 0 unspecified atom stereocenters. The van der Waals surface area contributed by atoms with Crippen molar-refractivity contribution in [3.05, 3.63) is 27.4 Å². The first-order valence-electron chi connectivity index (χ1n) is 5.53. The van der Waals surface area contributed by atoms with Crippen LogP contribution in [0.25, 0.3) is 0 Å². The normalized spacial score (nSPS) is 10.7. The van der Waals surface area contributed by atoms with Crippen LogP contribution in [0.3, 0.4) is 0 Å². The third-order valence-electron chi connectivity index (χ3n) is 2.43. The van der Waals surface area contributed by atoms with Gasteiger partial charge in [-0.1, -0.05) is 11.6 Å². The maximum absolute atomic E-state index is 10.8. The molecular formula is C11H16ClN3O3. The van der Waals surface area contributed by atoms with Crippen molar-refractivity contribution in [1.29, 1.82) is 0 Å². The van der Waals surface area contributed by atoms with Crippen LogP contribution >= 0.6 is 11.6 Å². The summed E-state index contributed by atoms with van der Waals surface area (Å²) in [4.78, 5) is 16.3. The van der Waals surface area contributed by atoms with Crippen molar-refractivity contribution < 1.29 is 9.66 Å². The number of hydrogen-bond acceptors (Lipinski definition) is 5. The number of hydrogen-bond donors (Lipinski definition) is 0. The van der Waals surface area contributed by atoms with Gasteiger partial charge in [0.25, 0.3) is 5.69 Å². The summed E-state index contributed by atoms with van der Waals surface area (Å²) in [5, 5.41) is 10.9. The second-order valence-electron chi connectivity index (χ2n) is 4.04. The summed E-state index contributed by atoms with van der Waals surface area (Å²) in [6.45, 7) is 5.06. The number of nitrogens with zero attached hydrogens (tertiary/aromatic N) is 3. The molecule has 0 aliphatic rings. The first-order valence-corrected chi connectivity index (χ1v) is 5.91. The van der Waals surface area contributed by atoms with Gasteiger partial charge in [-0.2, -0.15) is 0 Å². The third-order valence-corrected chi connectivity index (χ3v) is 2.62. The van der Waals surface area contributed by atoms with E-state index in [1.54, 1.807) is 7.11 Å². The fourth-order valence-electron chi connectivity index (χ4n) is 1.55. The van der Waals surface area contributed by atoms with Gasteiger partial charge in [-0.3, -0.25) is 10.1 Å². The quantitative estimate of drug-likeness (QED) is 0.452. The van der Waals surface area contributed by atoms with Crippen LogP contribution in [0, 0.1) is 10.1 Å². The zero-order chi connectivity index (χ0) is 13.7. The topological polar surface area (TPSA) is 68.5 Å². The van der Waals surface area contributed by atoms with Crippen LogP contribution in [-0.2, 0) is 4.74 Å². The molecule has 100 valence electrons. The van der Waals surface area contributed by atoms with Gasteiger partial charge in [-0.25, -0.2) is 4.98 Å². The Labute approximate surface area is 111 Å². The number of ether oxygens (including phenoxy) is 1. The maximum Gasteiger partial charge on any atom is 0.276 e. The van der Waals surface area contributed by atoms with Gasteiger partial charge in [-0.05, 0) is 13.8 Å². The Morgan fingerprint density at radius 1 is 1.56 bits per heavy atom. The number of rotatable bonds is 6. The van der Waals surface area contributed by atoms with Crippen molar-refractivity contribution in [2.24, 2.45) is 0 Å². The van der Waals surface area contributed by atoms with E-state index in [1.165, 1.54) is 12.1 Å². The SMILES string of the molecule is COCCN(c1cc([N+](=O)[O-])cc(Cl)n1)C(C)C. The highest BCUT2D eigenvalue weighted by atomic mass is 35.5. The molecule has 0 amide bonds. The lowest BCUT2D eigenvalue weighted by atomic mass is 10.3. The highest BCUT2D eigenvalue weighted by Gasteiger charge is 2.17. The molecule has 0 saturated heterocycles. The molecule has 7 heteroatoms. The highest BCUT2D eigenvalue weighted by Crippen LogP contribution is 2.24. The van der Waals surface area contributed by atoms with Crippen molar-refractivity contribution in [3.8, 4) is 0 Å². The Bertz CT molecular complexity index is 426. The van der Waals surface area contributed by atoms with E-state index in [2.05, 4.69) is 4.98 Å². The van der Waals surface area contributed by atoms with Crippen molar-refractivity contribution in [2.45, 2.75) is 19.9 Å². The Morgan fingerprint density at radius 3 is 2.72 bits per heavy atom. The van der Waals surface area contributed by atoms with Crippen LogP contribution in [-0.4, -0.2) is 36.2 Å². The van der Waals surface area contributed by atoms with Gasteiger partial charge < -0.3 is 9.64 Å². The number of pyridine rings is 1. The smallest absolute Gasteiger partial charge is 0.276 e. The molecule has 0 fully saturated rings. The summed E-state index contributed by atoms with van der Waals surface area (Å²) in [7, 11) is 1.60. The molecule has 0 atom stereocenters. The molecule has 0 aliphatic carbocycles. The summed E-state index contributed by atoms with van der Waals surface area (Å²) < 4.78 is 5.02. The summed E-state index contributed by atoms with van der Waals surface area (Å²) in [6, 6.07) is 2.80. The summed E-state index contributed by atoms with van der Waals surface area (Å²) in [5.41, 5.74) is -0.0620. The third kappa shape index (κ3) is 3.82. The Hall–Kier alpha value is -1.40. The number of halogens is 1. The van der Waals surface area contributed by atoms with Gasteiger partial charge in [0, 0.05) is 19.7 Å². The van der Waals surface area contributed by atoms with Gasteiger partial charge in [0.1, 0.15) is 11.0 Å². The molecule has 0 radical (unpaired) electrons. The number of anilines is 1. The van der Waals surface area contributed by atoms with E-state index in [4.69, 9.17) is 16.3 Å². The zero-order valence-electron chi connectivity index (χ0n) is 10.6. The van der Waals surface area contributed by atoms with E-state index in [1.807, 2.05) is 18.7 Å². The lowest BCUT2D eigenvalue weighted by Gasteiger charge is -2.27. The van der Waals surface area contributed by atoms with Gasteiger partial charge in [0.2, 0.25) is 0 Å². The Kier molecular flexibility index (Phi) is 5.30. The van der Waals surface area contributed by atoms with Crippen LogP contribution in [0.2, 0.25) is 5.15 Å². The fraction of sp³-hybridized carbons (Fsp3) is 0.545. The van der Waals surface area contributed by atoms with Gasteiger partial charge in [0.15, 0.2) is 0 Å². The molecular weight excluding hydrogens is 258 g/mol. The van der Waals surface area contributed by atoms with E-state index in [9.17, 15) is 10.1 Å². The minimum atomic E-state index is -0.480. The molecule has 1 aromatic heterocycles. The molecule has 1 rings (SSSR count). The lowest BCUT2D eigenvalue weighted by Crippen LogP contribution is -2.34. The highest BCUT2D eigenvalue weighted by molar-refractivity contribution is 6.29. The second-order valence-corrected chi connectivity index (χ2v) is 4.43. The van der Waals surface area contributed by atoms with Crippen molar-refractivity contribution in [2.75, 3.05) is 25.2 Å². The Balaban J connectivity index is 3.07. The molecule has 0 spiro atoms. The van der Waals surface area contributed by atoms with Gasteiger partial charge in [-0.15, -0.1) is 0 Å². The molecule has 18 heavy (non-hydrogen) atoms. The van der Waals surface area contributed by atoms with Crippen LogP contribution in [0.1, 0.15) is 13.8 Å². The predicted octanol–water partition coefficient (Wildman–Crippen LogP) is 2.50. The van der Waals surface area contributed by atoms with E-state index >= 15 is 0 Å². The molecule has 1 heterocycles. The van der Waals surface area contributed by atoms with Crippen LogP contribution < -0.4 is 4.90 Å². The number of nitro groups is 1. The minimum absolute atomic E-state index is 0.0620. The second kappa shape index (κ2) is 6.51. The van der Waals surface area contributed by atoms with Crippen molar-refractivity contribution >= 4 is 23.1 Å². The standard InChI is InChI=1S/C11H16ClN3O3/c1-8(2)14(4-5-18-3)11-7-9(15(16)17)6-10(12)13-11/h6-8H,4-5H2,1-3H3. The predicted molar refractivity (Wildman–Crippen MR) is 70.3 cm³/mol.